The van der Waals surface area contributed by atoms with Gasteiger partial charge in [0.15, 0.2) is 0 Å². The molecule has 2 rings (SSSR count). The van der Waals surface area contributed by atoms with E-state index < -0.39 is 18.0 Å². The number of hydrogen-bond acceptors (Lipinski definition) is 4. The molecule has 2 atom stereocenters. The van der Waals surface area contributed by atoms with Crippen molar-refractivity contribution >= 4 is 17.5 Å². The van der Waals surface area contributed by atoms with E-state index in [2.05, 4.69) is 15.3 Å². The van der Waals surface area contributed by atoms with Crippen molar-refractivity contribution in [1.29, 1.82) is 0 Å². The molecular formula is C15H15ClF3N3O. The van der Waals surface area contributed by atoms with Crippen LogP contribution in [0.3, 0.4) is 0 Å². The molecule has 1 heterocycles. The Kier molecular flexibility index (Phi) is 5.43. The van der Waals surface area contributed by atoms with Crippen LogP contribution in [0.4, 0.5) is 19.1 Å². The van der Waals surface area contributed by atoms with Crippen LogP contribution in [0.2, 0.25) is 5.02 Å². The average molecular weight is 346 g/mol. The van der Waals surface area contributed by atoms with E-state index in [0.717, 1.165) is 17.8 Å². The van der Waals surface area contributed by atoms with Gasteiger partial charge in [-0.1, -0.05) is 23.7 Å². The second-order valence-corrected chi connectivity index (χ2v) is 5.34. The predicted molar refractivity (Wildman–Crippen MR) is 81.3 cm³/mol. The van der Waals surface area contributed by atoms with Gasteiger partial charge in [0.05, 0.1) is 6.04 Å². The summed E-state index contributed by atoms with van der Waals surface area (Å²) in [4.78, 5) is 7.30. The highest BCUT2D eigenvalue weighted by molar-refractivity contribution is 6.30. The van der Waals surface area contributed by atoms with Crippen LogP contribution in [0.15, 0.2) is 36.5 Å². The van der Waals surface area contributed by atoms with Crippen LogP contribution >= 0.6 is 11.6 Å². The molecule has 0 spiro atoms. The Morgan fingerprint density at radius 1 is 1.17 bits per heavy atom. The van der Waals surface area contributed by atoms with Crippen molar-refractivity contribution in [2.24, 2.45) is 0 Å². The summed E-state index contributed by atoms with van der Waals surface area (Å²) in [7, 11) is 1.52. The van der Waals surface area contributed by atoms with Gasteiger partial charge in [-0.2, -0.15) is 13.2 Å². The topological polar surface area (TPSA) is 47.0 Å². The highest BCUT2D eigenvalue weighted by Crippen LogP contribution is 2.28. The fourth-order valence-corrected chi connectivity index (χ4v) is 2.27. The molecule has 1 aromatic heterocycles. The Bertz CT molecular complexity index is 649. The van der Waals surface area contributed by atoms with Gasteiger partial charge in [-0.25, -0.2) is 9.97 Å². The van der Waals surface area contributed by atoms with Gasteiger partial charge in [0.25, 0.3) is 0 Å². The Balaban J connectivity index is 2.16. The molecule has 0 aliphatic rings. The lowest BCUT2D eigenvalue weighted by Crippen LogP contribution is -2.27. The molecule has 0 aliphatic heterocycles. The lowest BCUT2D eigenvalue weighted by Gasteiger charge is -2.24. The summed E-state index contributed by atoms with van der Waals surface area (Å²) in [5.74, 6) is -0.108. The second kappa shape index (κ2) is 7.14. The Hall–Kier alpha value is -1.86. The number of methoxy groups -OCH3 is 1. The van der Waals surface area contributed by atoms with Crippen LogP contribution in [0.5, 0.6) is 0 Å². The van der Waals surface area contributed by atoms with E-state index in [0.29, 0.717) is 5.02 Å². The number of halogens is 4. The summed E-state index contributed by atoms with van der Waals surface area (Å²) in [5, 5.41) is 3.43. The van der Waals surface area contributed by atoms with E-state index in [4.69, 9.17) is 16.3 Å². The van der Waals surface area contributed by atoms with Crippen LogP contribution in [-0.4, -0.2) is 23.1 Å². The summed E-state index contributed by atoms with van der Waals surface area (Å²) in [6.45, 7) is 1.77. The van der Waals surface area contributed by atoms with Crippen molar-refractivity contribution in [2.75, 3.05) is 12.4 Å². The molecule has 0 bridgehead atoms. The summed E-state index contributed by atoms with van der Waals surface area (Å²) in [6, 6.07) is 7.49. The van der Waals surface area contributed by atoms with E-state index >= 15 is 0 Å². The Morgan fingerprint density at radius 3 is 2.39 bits per heavy atom. The number of anilines is 1. The van der Waals surface area contributed by atoms with Crippen LogP contribution < -0.4 is 5.32 Å². The third-order valence-electron chi connectivity index (χ3n) is 3.21. The fraction of sp³-hybridized carbons (Fsp3) is 0.333. The highest BCUT2D eigenvalue weighted by Gasteiger charge is 2.33. The number of nitrogens with one attached hydrogen (secondary N) is 1. The maximum absolute atomic E-state index is 12.7. The van der Waals surface area contributed by atoms with Gasteiger partial charge >= 0.3 is 6.18 Å². The number of rotatable bonds is 5. The third kappa shape index (κ3) is 4.56. The maximum Gasteiger partial charge on any atom is 0.433 e. The highest BCUT2D eigenvalue weighted by atomic mass is 35.5. The number of benzene rings is 1. The van der Waals surface area contributed by atoms with E-state index in [-0.39, 0.29) is 12.0 Å². The van der Waals surface area contributed by atoms with E-state index in [1.807, 2.05) is 0 Å². The van der Waals surface area contributed by atoms with Crippen molar-refractivity contribution in [1.82, 2.24) is 9.97 Å². The molecule has 0 aliphatic carbocycles. The Morgan fingerprint density at radius 2 is 1.83 bits per heavy atom. The first-order valence-corrected chi connectivity index (χ1v) is 7.14. The quantitative estimate of drug-likeness (QED) is 0.875. The average Bonchev–Trinajstić information content (AvgIpc) is 2.49. The monoisotopic (exact) mass is 345 g/mol. The second-order valence-electron chi connectivity index (χ2n) is 4.90. The maximum atomic E-state index is 12.7. The molecule has 4 nitrogen and oxygen atoms in total. The van der Waals surface area contributed by atoms with Crippen molar-refractivity contribution in [3.63, 3.8) is 0 Å². The molecule has 23 heavy (non-hydrogen) atoms. The molecule has 0 saturated carbocycles. The first-order valence-electron chi connectivity index (χ1n) is 6.76. The molecule has 0 fully saturated rings. The molecule has 8 heteroatoms. The Labute approximate surface area is 136 Å². The molecular weight excluding hydrogens is 331 g/mol. The fourth-order valence-electron chi connectivity index (χ4n) is 2.15. The molecule has 1 aromatic carbocycles. The lowest BCUT2D eigenvalue weighted by atomic mass is 10.0. The smallest absolute Gasteiger partial charge is 0.375 e. The largest absolute Gasteiger partial charge is 0.433 e. The van der Waals surface area contributed by atoms with Crippen molar-refractivity contribution in [2.45, 2.75) is 25.2 Å². The number of ether oxygens (including phenoxy) is 1. The van der Waals surface area contributed by atoms with Crippen LogP contribution in [-0.2, 0) is 10.9 Å². The van der Waals surface area contributed by atoms with Crippen LogP contribution in [0.25, 0.3) is 0 Å². The number of nitrogens with zero attached hydrogens (tertiary/aromatic N) is 2. The SMILES string of the molecule is COC(c1ccc(Cl)cc1)C(C)Nc1nccc(C(F)(F)F)n1. The van der Waals surface area contributed by atoms with Crippen molar-refractivity contribution < 1.29 is 17.9 Å². The van der Waals surface area contributed by atoms with Gasteiger partial charge in [-0.05, 0) is 30.7 Å². The summed E-state index contributed by atoms with van der Waals surface area (Å²) in [6.07, 6.45) is -3.85. The first-order chi connectivity index (χ1) is 10.8. The van der Waals surface area contributed by atoms with Gasteiger partial charge in [-0.15, -0.1) is 0 Å². The van der Waals surface area contributed by atoms with Crippen molar-refractivity contribution in [3.05, 3.63) is 52.8 Å². The predicted octanol–water partition coefficient (Wildman–Crippen LogP) is 4.34. The first kappa shape index (κ1) is 17.5. The summed E-state index contributed by atoms with van der Waals surface area (Å²) < 4.78 is 43.5. The molecule has 1 N–H and O–H groups in total. The lowest BCUT2D eigenvalue weighted by molar-refractivity contribution is -0.141. The van der Waals surface area contributed by atoms with E-state index in [1.165, 1.54) is 7.11 Å². The minimum atomic E-state index is -4.51. The summed E-state index contributed by atoms with van der Waals surface area (Å²) in [5.41, 5.74) is -0.161. The van der Waals surface area contributed by atoms with E-state index in [1.54, 1.807) is 31.2 Å². The summed E-state index contributed by atoms with van der Waals surface area (Å²) >= 11 is 5.85. The zero-order chi connectivity index (χ0) is 17.0. The number of alkyl halides is 3. The van der Waals surface area contributed by atoms with E-state index in [9.17, 15) is 13.2 Å². The van der Waals surface area contributed by atoms with Gasteiger partial charge in [0.1, 0.15) is 11.8 Å². The molecule has 0 saturated heterocycles. The zero-order valence-corrected chi connectivity index (χ0v) is 13.2. The normalized spacial score (nSPS) is 14.3. The standard InChI is InChI=1S/C15H15ClF3N3O/c1-9(13(23-2)10-3-5-11(16)6-4-10)21-14-20-8-7-12(22-14)15(17,18)19/h3-9,13H,1-2H3,(H,20,21,22). The zero-order valence-electron chi connectivity index (χ0n) is 12.4. The molecule has 0 amide bonds. The van der Waals surface area contributed by atoms with Crippen LogP contribution in [0, 0.1) is 0 Å². The minimum absolute atomic E-state index is 0.108. The molecule has 124 valence electrons. The van der Waals surface area contributed by atoms with Crippen LogP contribution in [0.1, 0.15) is 24.3 Å². The van der Waals surface area contributed by atoms with Gasteiger partial charge in [0.2, 0.25) is 5.95 Å². The van der Waals surface area contributed by atoms with Gasteiger partial charge in [0, 0.05) is 18.3 Å². The third-order valence-corrected chi connectivity index (χ3v) is 3.46. The minimum Gasteiger partial charge on any atom is -0.375 e. The molecule has 2 aromatic rings. The molecule has 0 radical (unpaired) electrons. The van der Waals surface area contributed by atoms with Crippen molar-refractivity contribution in [3.8, 4) is 0 Å². The van der Waals surface area contributed by atoms with Gasteiger partial charge < -0.3 is 10.1 Å². The number of hydrogen-bond donors (Lipinski definition) is 1. The van der Waals surface area contributed by atoms with Gasteiger partial charge in [-0.3, -0.25) is 0 Å². The number of aromatic nitrogens is 2. The molecule has 2 unspecified atom stereocenters.